The number of rotatable bonds is 6. The Hall–Kier alpha value is -1.06. The van der Waals surface area contributed by atoms with E-state index in [0.717, 1.165) is 6.54 Å². The highest BCUT2D eigenvalue weighted by Crippen LogP contribution is 2.00. The summed E-state index contributed by atoms with van der Waals surface area (Å²) in [4.78, 5) is 0. The molecule has 0 radical (unpaired) electrons. The lowest BCUT2D eigenvalue weighted by Gasteiger charge is -2.15. The average Bonchev–Trinajstić information content (AvgIpc) is 2.11. The number of ether oxygens (including phenoxy) is 2. The summed E-state index contributed by atoms with van der Waals surface area (Å²) in [6.45, 7) is 5.12. The predicted octanol–water partition coefficient (Wildman–Crippen LogP) is 0.871. The molecule has 0 amide bonds. The average molecular weight is 188 g/mol. The normalized spacial score (nSPS) is 12.2. The van der Waals surface area contributed by atoms with Gasteiger partial charge in [-0.05, 0) is 5.92 Å². The summed E-state index contributed by atoms with van der Waals surface area (Å²) in [7, 11) is 5.00. The van der Waals surface area contributed by atoms with Crippen LogP contribution in [0.2, 0.25) is 0 Å². The van der Waals surface area contributed by atoms with E-state index in [2.05, 4.69) is 24.5 Å². The maximum absolute atomic E-state index is 5.13. The minimum absolute atomic E-state index is 0.570. The Kier molecular flexibility index (Phi) is 5.93. The fourth-order valence-electron chi connectivity index (χ4n) is 0.850. The van der Waals surface area contributed by atoms with E-state index in [4.69, 9.17) is 9.47 Å². The van der Waals surface area contributed by atoms with Crippen LogP contribution in [-0.4, -0.2) is 27.8 Å². The van der Waals surface area contributed by atoms with Gasteiger partial charge in [-0.1, -0.05) is 13.8 Å². The first kappa shape index (κ1) is 11.9. The smallest absolute Gasteiger partial charge is 0.248 e. The van der Waals surface area contributed by atoms with Crippen LogP contribution in [0, 0.1) is 5.92 Å². The maximum atomic E-state index is 5.13. The molecule has 0 spiro atoms. The van der Waals surface area contributed by atoms with Crippen LogP contribution < -0.4 is 10.6 Å². The molecule has 0 fully saturated rings. The molecule has 0 aliphatic heterocycles. The van der Waals surface area contributed by atoms with E-state index in [0.29, 0.717) is 17.7 Å². The number of nitrogens with one attached hydrogen (secondary N) is 2. The summed E-state index contributed by atoms with van der Waals surface area (Å²) < 4.78 is 10.2. The van der Waals surface area contributed by atoms with Gasteiger partial charge >= 0.3 is 0 Å². The minimum Gasteiger partial charge on any atom is -0.479 e. The fourth-order valence-corrected chi connectivity index (χ4v) is 0.850. The molecule has 0 aromatic rings. The van der Waals surface area contributed by atoms with Crippen LogP contribution in [0.5, 0.6) is 0 Å². The van der Waals surface area contributed by atoms with Crippen LogP contribution in [0.25, 0.3) is 0 Å². The topological polar surface area (TPSA) is 42.5 Å². The van der Waals surface area contributed by atoms with Crippen molar-refractivity contribution in [1.29, 1.82) is 0 Å². The van der Waals surface area contributed by atoms with Gasteiger partial charge in [0, 0.05) is 13.6 Å². The Morgan fingerprint density at radius 1 is 1.15 bits per heavy atom. The molecule has 0 bridgehead atoms. The second-order valence-electron chi connectivity index (χ2n) is 3.09. The molecule has 0 aliphatic carbocycles. The van der Waals surface area contributed by atoms with Crippen LogP contribution in [0.4, 0.5) is 0 Å². The standard InChI is InChI=1S/C9H20N2O2/c1-7(2)6-11-9(13-5)8(10-3)12-4/h7,10-11H,6H2,1-5H3/b9-8-. The van der Waals surface area contributed by atoms with Crippen molar-refractivity contribution in [2.45, 2.75) is 13.8 Å². The molecular weight excluding hydrogens is 168 g/mol. The van der Waals surface area contributed by atoms with Crippen LogP contribution in [-0.2, 0) is 9.47 Å². The SMILES string of the molecule is CN/C(OC)=C(\NCC(C)C)OC. The fraction of sp³-hybridized carbons (Fsp3) is 0.778. The van der Waals surface area contributed by atoms with Gasteiger partial charge in [-0.25, -0.2) is 0 Å². The monoisotopic (exact) mass is 188 g/mol. The van der Waals surface area contributed by atoms with E-state index in [1.807, 2.05) is 0 Å². The third kappa shape index (κ3) is 4.50. The highest BCUT2D eigenvalue weighted by atomic mass is 16.5. The maximum Gasteiger partial charge on any atom is 0.248 e. The van der Waals surface area contributed by atoms with Gasteiger partial charge in [0.25, 0.3) is 0 Å². The number of hydrogen-bond donors (Lipinski definition) is 2. The Bertz CT molecular complexity index is 161. The third-order valence-electron chi connectivity index (χ3n) is 1.51. The molecule has 2 N–H and O–H groups in total. The van der Waals surface area contributed by atoms with E-state index in [1.54, 1.807) is 21.3 Å². The van der Waals surface area contributed by atoms with Gasteiger partial charge in [0.1, 0.15) is 0 Å². The van der Waals surface area contributed by atoms with Crippen LogP contribution in [0.3, 0.4) is 0 Å². The van der Waals surface area contributed by atoms with Gasteiger partial charge in [-0.3, -0.25) is 0 Å². The number of methoxy groups -OCH3 is 2. The predicted molar refractivity (Wildman–Crippen MR) is 52.9 cm³/mol. The largest absolute Gasteiger partial charge is 0.479 e. The van der Waals surface area contributed by atoms with E-state index < -0.39 is 0 Å². The van der Waals surface area contributed by atoms with Gasteiger partial charge in [0.05, 0.1) is 14.2 Å². The molecule has 0 aromatic carbocycles. The van der Waals surface area contributed by atoms with E-state index in [9.17, 15) is 0 Å². The molecule has 0 saturated carbocycles. The molecule has 0 saturated heterocycles. The van der Waals surface area contributed by atoms with Gasteiger partial charge in [-0.2, -0.15) is 0 Å². The molecule has 0 atom stereocenters. The summed E-state index contributed by atoms with van der Waals surface area (Å²) in [6.07, 6.45) is 0. The van der Waals surface area contributed by atoms with Gasteiger partial charge in [0.15, 0.2) is 0 Å². The Morgan fingerprint density at radius 3 is 2.00 bits per heavy atom. The van der Waals surface area contributed by atoms with Crippen LogP contribution in [0.1, 0.15) is 13.8 Å². The minimum atomic E-state index is 0.570. The lowest BCUT2D eigenvalue weighted by atomic mass is 10.2. The quantitative estimate of drug-likeness (QED) is 0.607. The van der Waals surface area contributed by atoms with Gasteiger partial charge < -0.3 is 20.1 Å². The van der Waals surface area contributed by atoms with E-state index >= 15 is 0 Å². The summed E-state index contributed by atoms with van der Waals surface area (Å²) in [5.41, 5.74) is 0. The Balaban J connectivity index is 4.20. The van der Waals surface area contributed by atoms with Crippen molar-refractivity contribution >= 4 is 0 Å². The molecule has 4 heteroatoms. The lowest BCUT2D eigenvalue weighted by molar-refractivity contribution is 0.186. The lowest BCUT2D eigenvalue weighted by Crippen LogP contribution is -2.25. The zero-order valence-electron chi connectivity index (χ0n) is 9.10. The van der Waals surface area contributed by atoms with E-state index in [1.165, 1.54) is 0 Å². The Labute approximate surface area is 80.3 Å². The van der Waals surface area contributed by atoms with Crippen molar-refractivity contribution < 1.29 is 9.47 Å². The summed E-state index contributed by atoms with van der Waals surface area (Å²) >= 11 is 0. The molecule has 0 unspecified atom stereocenters. The highest BCUT2D eigenvalue weighted by molar-refractivity contribution is 4.96. The van der Waals surface area contributed by atoms with Crippen molar-refractivity contribution in [1.82, 2.24) is 10.6 Å². The summed E-state index contributed by atoms with van der Waals surface area (Å²) in [5, 5.41) is 6.04. The molecule has 0 heterocycles. The van der Waals surface area contributed by atoms with Crippen LogP contribution in [0.15, 0.2) is 11.8 Å². The zero-order chi connectivity index (χ0) is 10.3. The molecule has 78 valence electrons. The Morgan fingerprint density at radius 2 is 1.69 bits per heavy atom. The van der Waals surface area contributed by atoms with E-state index in [-0.39, 0.29) is 0 Å². The van der Waals surface area contributed by atoms with Gasteiger partial charge in [0.2, 0.25) is 11.8 Å². The molecule has 0 rings (SSSR count). The van der Waals surface area contributed by atoms with Crippen molar-refractivity contribution in [3.63, 3.8) is 0 Å². The van der Waals surface area contributed by atoms with Gasteiger partial charge in [-0.15, -0.1) is 0 Å². The molecule has 0 aromatic heterocycles. The summed E-state index contributed by atoms with van der Waals surface area (Å²) in [5.74, 6) is 1.82. The van der Waals surface area contributed by atoms with Crippen molar-refractivity contribution in [3.8, 4) is 0 Å². The molecule has 4 nitrogen and oxygen atoms in total. The molecule has 0 aliphatic rings. The molecular formula is C9H20N2O2. The second-order valence-corrected chi connectivity index (χ2v) is 3.09. The first-order valence-electron chi connectivity index (χ1n) is 4.39. The zero-order valence-corrected chi connectivity index (χ0v) is 9.10. The van der Waals surface area contributed by atoms with Crippen molar-refractivity contribution in [2.24, 2.45) is 5.92 Å². The van der Waals surface area contributed by atoms with Crippen molar-refractivity contribution in [3.05, 3.63) is 11.8 Å². The van der Waals surface area contributed by atoms with Crippen molar-refractivity contribution in [2.75, 3.05) is 27.8 Å². The number of hydrogen-bond acceptors (Lipinski definition) is 4. The first-order chi connectivity index (χ1) is 6.15. The second kappa shape index (κ2) is 6.46. The highest BCUT2D eigenvalue weighted by Gasteiger charge is 2.05. The molecule has 13 heavy (non-hydrogen) atoms. The summed E-state index contributed by atoms with van der Waals surface area (Å²) in [6, 6.07) is 0. The van der Waals surface area contributed by atoms with Crippen LogP contribution >= 0.6 is 0 Å². The third-order valence-corrected chi connectivity index (χ3v) is 1.51. The first-order valence-corrected chi connectivity index (χ1v) is 4.39.